The number of aliphatic carboxylic acids is 1. The summed E-state index contributed by atoms with van der Waals surface area (Å²) in [7, 11) is 0. The minimum absolute atomic E-state index is 0.309. The molecule has 0 saturated heterocycles. The molecule has 0 rings (SSSR count). The highest BCUT2D eigenvalue weighted by atomic mass is 16.4. The summed E-state index contributed by atoms with van der Waals surface area (Å²) in [6.07, 6.45) is 23.3. The van der Waals surface area contributed by atoms with Crippen LogP contribution in [0.4, 0.5) is 0 Å². The van der Waals surface area contributed by atoms with E-state index in [0.717, 1.165) is 32.1 Å². The lowest BCUT2D eigenvalue weighted by atomic mass is 10.1. The van der Waals surface area contributed by atoms with Crippen molar-refractivity contribution in [2.45, 2.75) is 71.1 Å². The minimum atomic E-state index is -0.683. The summed E-state index contributed by atoms with van der Waals surface area (Å²) >= 11 is 0. The number of carboxylic acids is 1. The van der Waals surface area contributed by atoms with Crippen LogP contribution in [0.1, 0.15) is 71.1 Å². The van der Waals surface area contributed by atoms with Crippen molar-refractivity contribution >= 4 is 5.97 Å². The van der Waals surface area contributed by atoms with Crippen LogP contribution in [0.25, 0.3) is 0 Å². The summed E-state index contributed by atoms with van der Waals surface area (Å²) in [5.74, 6) is -0.683. The van der Waals surface area contributed by atoms with Gasteiger partial charge in [-0.15, -0.1) is 0 Å². The molecule has 0 aliphatic carbocycles. The fourth-order valence-electron chi connectivity index (χ4n) is 1.88. The summed E-state index contributed by atoms with van der Waals surface area (Å²) < 4.78 is 0. The van der Waals surface area contributed by atoms with Gasteiger partial charge in [-0.1, -0.05) is 69.1 Å². The van der Waals surface area contributed by atoms with Gasteiger partial charge in [0.15, 0.2) is 0 Å². The number of hydrogen-bond acceptors (Lipinski definition) is 1. The molecule has 0 saturated carbocycles. The van der Waals surface area contributed by atoms with Crippen LogP contribution in [0.15, 0.2) is 36.5 Å². The highest BCUT2D eigenvalue weighted by molar-refractivity contribution is 5.66. The average molecular weight is 278 g/mol. The van der Waals surface area contributed by atoms with Crippen LogP contribution in [-0.2, 0) is 4.79 Å². The molecule has 0 aliphatic rings. The highest BCUT2D eigenvalue weighted by Gasteiger charge is 1.95. The number of carboxylic acid groups (broad SMARTS) is 1. The quantitative estimate of drug-likeness (QED) is 0.348. The molecule has 0 atom stereocenters. The SMILES string of the molecule is CCCCC\C=C/C=C/C=C\CCCCCCC(=O)O. The van der Waals surface area contributed by atoms with Crippen molar-refractivity contribution < 1.29 is 9.90 Å². The van der Waals surface area contributed by atoms with Crippen LogP contribution in [0.2, 0.25) is 0 Å². The molecule has 0 spiro atoms. The van der Waals surface area contributed by atoms with Gasteiger partial charge in [-0.05, 0) is 32.1 Å². The number of hydrogen-bond donors (Lipinski definition) is 1. The van der Waals surface area contributed by atoms with E-state index in [1.807, 2.05) is 0 Å². The Morgan fingerprint density at radius 1 is 0.800 bits per heavy atom. The summed E-state index contributed by atoms with van der Waals surface area (Å²) in [6, 6.07) is 0. The first-order valence-corrected chi connectivity index (χ1v) is 7.97. The molecule has 0 aromatic carbocycles. The van der Waals surface area contributed by atoms with Crippen LogP contribution >= 0.6 is 0 Å². The van der Waals surface area contributed by atoms with Crippen molar-refractivity contribution in [2.75, 3.05) is 0 Å². The zero-order valence-electron chi connectivity index (χ0n) is 12.9. The van der Waals surface area contributed by atoms with E-state index in [4.69, 9.17) is 5.11 Å². The van der Waals surface area contributed by atoms with Gasteiger partial charge in [0.05, 0.1) is 0 Å². The van der Waals surface area contributed by atoms with E-state index in [9.17, 15) is 4.79 Å². The smallest absolute Gasteiger partial charge is 0.303 e. The number of allylic oxidation sites excluding steroid dienone is 6. The Labute approximate surface area is 124 Å². The first-order chi connectivity index (χ1) is 9.77. The van der Waals surface area contributed by atoms with Gasteiger partial charge in [0.1, 0.15) is 0 Å². The molecule has 0 bridgehead atoms. The van der Waals surface area contributed by atoms with Crippen LogP contribution in [0.3, 0.4) is 0 Å². The molecule has 0 fully saturated rings. The Morgan fingerprint density at radius 2 is 1.35 bits per heavy atom. The first-order valence-electron chi connectivity index (χ1n) is 7.97. The molecule has 0 aliphatic heterocycles. The van der Waals surface area contributed by atoms with Gasteiger partial charge in [0, 0.05) is 6.42 Å². The molecular weight excluding hydrogens is 248 g/mol. The third-order valence-corrected chi connectivity index (χ3v) is 3.09. The third kappa shape index (κ3) is 16.7. The number of unbranched alkanes of at least 4 members (excludes halogenated alkanes) is 7. The van der Waals surface area contributed by atoms with E-state index in [1.54, 1.807) is 0 Å². The zero-order valence-corrected chi connectivity index (χ0v) is 12.9. The summed E-state index contributed by atoms with van der Waals surface area (Å²) in [5.41, 5.74) is 0. The second kappa shape index (κ2) is 15.7. The van der Waals surface area contributed by atoms with E-state index >= 15 is 0 Å². The lowest BCUT2D eigenvalue weighted by Crippen LogP contribution is -1.93. The van der Waals surface area contributed by atoms with E-state index in [-0.39, 0.29) is 0 Å². The minimum Gasteiger partial charge on any atom is -0.481 e. The van der Waals surface area contributed by atoms with Crippen LogP contribution in [-0.4, -0.2) is 11.1 Å². The largest absolute Gasteiger partial charge is 0.481 e. The lowest BCUT2D eigenvalue weighted by Gasteiger charge is -1.96. The van der Waals surface area contributed by atoms with Crippen molar-refractivity contribution in [1.82, 2.24) is 0 Å². The van der Waals surface area contributed by atoms with Crippen LogP contribution in [0.5, 0.6) is 0 Å². The normalized spacial score (nSPS) is 12.1. The van der Waals surface area contributed by atoms with Gasteiger partial charge in [-0.2, -0.15) is 0 Å². The van der Waals surface area contributed by atoms with Gasteiger partial charge in [-0.3, -0.25) is 4.79 Å². The molecule has 2 heteroatoms. The molecule has 0 amide bonds. The zero-order chi connectivity index (χ0) is 14.9. The molecule has 0 heterocycles. The van der Waals surface area contributed by atoms with Gasteiger partial charge in [0.25, 0.3) is 0 Å². The van der Waals surface area contributed by atoms with Crippen molar-refractivity contribution in [1.29, 1.82) is 0 Å². The molecule has 114 valence electrons. The summed E-state index contributed by atoms with van der Waals surface area (Å²) in [5, 5.41) is 8.49. The Kier molecular flexibility index (Phi) is 14.7. The topological polar surface area (TPSA) is 37.3 Å². The van der Waals surface area contributed by atoms with Crippen molar-refractivity contribution in [3.63, 3.8) is 0 Å². The maximum atomic E-state index is 10.3. The van der Waals surface area contributed by atoms with Crippen LogP contribution < -0.4 is 0 Å². The lowest BCUT2D eigenvalue weighted by molar-refractivity contribution is -0.137. The standard InChI is InChI=1S/C18H30O2/c1-2-3-4-5-6-7-8-9-10-11-12-13-14-15-16-17-18(19)20/h6-11H,2-5,12-17H2,1H3,(H,19,20)/b7-6-,9-8+,11-10-. The molecule has 20 heavy (non-hydrogen) atoms. The monoisotopic (exact) mass is 278 g/mol. The van der Waals surface area contributed by atoms with E-state index in [2.05, 4.69) is 43.4 Å². The molecule has 0 aromatic heterocycles. The van der Waals surface area contributed by atoms with Crippen molar-refractivity contribution in [2.24, 2.45) is 0 Å². The Bertz CT molecular complexity index is 301. The van der Waals surface area contributed by atoms with Crippen molar-refractivity contribution in [3.8, 4) is 0 Å². The van der Waals surface area contributed by atoms with Gasteiger partial charge >= 0.3 is 5.97 Å². The molecule has 2 nitrogen and oxygen atoms in total. The van der Waals surface area contributed by atoms with Gasteiger partial charge < -0.3 is 5.11 Å². The Balaban J connectivity index is 3.32. The second-order valence-corrected chi connectivity index (χ2v) is 5.08. The maximum Gasteiger partial charge on any atom is 0.303 e. The molecule has 1 N–H and O–H groups in total. The Morgan fingerprint density at radius 3 is 1.90 bits per heavy atom. The van der Waals surface area contributed by atoms with E-state index in [1.165, 1.54) is 25.7 Å². The van der Waals surface area contributed by atoms with Gasteiger partial charge in [-0.25, -0.2) is 0 Å². The van der Waals surface area contributed by atoms with Crippen molar-refractivity contribution in [3.05, 3.63) is 36.5 Å². The molecule has 0 aromatic rings. The summed E-state index contributed by atoms with van der Waals surface area (Å²) in [6.45, 7) is 2.22. The average Bonchev–Trinajstić information content (AvgIpc) is 2.43. The number of carbonyl (C=O) groups is 1. The third-order valence-electron chi connectivity index (χ3n) is 3.09. The predicted octanol–water partition coefficient (Wildman–Crippen LogP) is 5.66. The highest BCUT2D eigenvalue weighted by Crippen LogP contribution is 2.06. The first kappa shape index (κ1) is 18.7. The fourth-order valence-corrected chi connectivity index (χ4v) is 1.88. The molecule has 0 radical (unpaired) electrons. The summed E-state index contributed by atoms with van der Waals surface area (Å²) in [4.78, 5) is 10.3. The van der Waals surface area contributed by atoms with Gasteiger partial charge in [0.2, 0.25) is 0 Å². The molecular formula is C18H30O2. The van der Waals surface area contributed by atoms with E-state index < -0.39 is 5.97 Å². The predicted molar refractivity (Wildman–Crippen MR) is 86.9 cm³/mol. The second-order valence-electron chi connectivity index (χ2n) is 5.08. The van der Waals surface area contributed by atoms with Crippen LogP contribution in [0, 0.1) is 0 Å². The van der Waals surface area contributed by atoms with E-state index in [0.29, 0.717) is 6.42 Å². The Hall–Kier alpha value is -1.31. The number of rotatable bonds is 13. The fraction of sp³-hybridized carbons (Fsp3) is 0.611. The maximum absolute atomic E-state index is 10.3. The molecule has 0 unspecified atom stereocenters.